The van der Waals surface area contributed by atoms with Crippen LogP contribution in [0.5, 0.6) is 11.8 Å². The maximum absolute atomic E-state index is 12.4. The molecule has 0 aliphatic carbocycles. The minimum Gasteiger partial charge on any atom is -0.473 e. The van der Waals surface area contributed by atoms with E-state index in [-0.39, 0.29) is 6.09 Å². The van der Waals surface area contributed by atoms with E-state index in [9.17, 15) is 9.90 Å². The van der Waals surface area contributed by atoms with E-state index >= 15 is 0 Å². The molecule has 4 aromatic rings. The third-order valence-corrected chi connectivity index (χ3v) is 7.43. The number of rotatable bonds is 9. The molecule has 1 saturated heterocycles. The fourth-order valence-electron chi connectivity index (χ4n) is 5.08. The third kappa shape index (κ3) is 8.58. The molecule has 1 aromatic heterocycles. The molecule has 1 N–H and O–H groups in total. The number of hydrogen-bond donors (Lipinski definition) is 1. The molecule has 1 amide bonds. The molecule has 224 valence electrons. The highest BCUT2D eigenvalue weighted by Gasteiger charge is 2.35. The number of aliphatic hydroxyl groups is 1. The molecule has 7 nitrogen and oxygen atoms in total. The first-order chi connectivity index (χ1) is 20.7. The molecule has 0 spiro atoms. The summed E-state index contributed by atoms with van der Waals surface area (Å²) in [4.78, 5) is 18.8. The highest BCUT2D eigenvalue weighted by Crippen LogP contribution is 2.33. The van der Waals surface area contributed by atoms with Gasteiger partial charge in [0.05, 0.1) is 5.60 Å². The zero-order chi connectivity index (χ0) is 30.3. The molecule has 0 unspecified atom stereocenters. The van der Waals surface area contributed by atoms with Crippen LogP contribution in [-0.4, -0.2) is 45.4 Å². The lowest BCUT2D eigenvalue weighted by Crippen LogP contribution is -2.49. The van der Waals surface area contributed by atoms with Crippen molar-refractivity contribution >= 4 is 6.09 Å². The van der Waals surface area contributed by atoms with E-state index in [0.29, 0.717) is 57.3 Å². The monoisotopic (exact) mass is 580 g/mol. The fourth-order valence-corrected chi connectivity index (χ4v) is 5.08. The second-order valence-corrected chi connectivity index (χ2v) is 12.1. The quantitative estimate of drug-likeness (QED) is 0.225. The van der Waals surface area contributed by atoms with Gasteiger partial charge in [-0.1, -0.05) is 84.9 Å². The molecule has 3 aromatic carbocycles. The molecule has 1 fully saturated rings. The first kappa shape index (κ1) is 30.1. The van der Waals surface area contributed by atoms with Gasteiger partial charge in [-0.3, -0.25) is 0 Å². The van der Waals surface area contributed by atoms with E-state index in [0.717, 1.165) is 27.8 Å². The summed E-state index contributed by atoms with van der Waals surface area (Å²) in [5.41, 5.74) is 3.55. The van der Waals surface area contributed by atoms with Crippen LogP contribution < -0.4 is 9.47 Å². The van der Waals surface area contributed by atoms with Gasteiger partial charge < -0.3 is 24.2 Å². The number of aromatic nitrogens is 1. The summed E-state index contributed by atoms with van der Waals surface area (Å²) >= 11 is 0. The Morgan fingerprint density at radius 2 is 1.37 bits per heavy atom. The fraction of sp³-hybridized carbons (Fsp3) is 0.333. The lowest BCUT2D eigenvalue weighted by Gasteiger charge is -2.38. The van der Waals surface area contributed by atoms with Crippen molar-refractivity contribution in [1.82, 2.24) is 9.88 Å². The van der Waals surface area contributed by atoms with Crippen LogP contribution in [0.2, 0.25) is 0 Å². The first-order valence-electron chi connectivity index (χ1n) is 14.8. The van der Waals surface area contributed by atoms with E-state index in [1.807, 2.05) is 118 Å². The molecular formula is C36H40N2O5. The van der Waals surface area contributed by atoms with Crippen LogP contribution in [0.25, 0.3) is 11.1 Å². The number of ether oxygens (including phenoxy) is 3. The lowest BCUT2D eigenvalue weighted by molar-refractivity contribution is -0.0315. The smallest absolute Gasteiger partial charge is 0.410 e. The number of likely N-dealkylation sites (tertiary alicyclic amines) is 1. The van der Waals surface area contributed by atoms with Gasteiger partial charge in [-0.2, -0.15) is 4.98 Å². The van der Waals surface area contributed by atoms with E-state index in [1.165, 1.54) is 0 Å². The number of nitrogens with zero attached hydrogens (tertiary/aromatic N) is 2. The average Bonchev–Trinajstić information content (AvgIpc) is 3.00. The summed E-state index contributed by atoms with van der Waals surface area (Å²) < 4.78 is 17.7. The van der Waals surface area contributed by atoms with Crippen LogP contribution in [0.1, 0.15) is 50.3 Å². The second-order valence-electron chi connectivity index (χ2n) is 12.1. The number of piperidine rings is 1. The standard InChI is InChI=1S/C36H40N2O5/c1-35(2,3)43-34(39)38-22-20-36(40,21-23-38)24-27-14-16-30(17-15-27)31-18-19-32(41-25-28-10-6-4-7-11-28)37-33(31)42-26-29-12-8-5-9-13-29/h4-19,40H,20-26H2,1-3H3. The van der Waals surface area contributed by atoms with Crippen LogP contribution in [0.3, 0.4) is 0 Å². The third-order valence-electron chi connectivity index (χ3n) is 7.43. The molecule has 1 aliphatic rings. The van der Waals surface area contributed by atoms with E-state index < -0.39 is 11.2 Å². The summed E-state index contributed by atoms with van der Waals surface area (Å²) in [6.45, 7) is 7.31. The largest absolute Gasteiger partial charge is 0.473 e. The number of hydrogen-bond acceptors (Lipinski definition) is 6. The molecule has 0 saturated carbocycles. The molecule has 0 bridgehead atoms. The number of carbonyl (C=O) groups excluding carboxylic acids is 1. The first-order valence-corrected chi connectivity index (χ1v) is 14.8. The molecule has 2 heterocycles. The summed E-state index contributed by atoms with van der Waals surface area (Å²) in [5.74, 6) is 0.988. The van der Waals surface area contributed by atoms with Gasteiger partial charge in [0.15, 0.2) is 0 Å². The van der Waals surface area contributed by atoms with Crippen LogP contribution in [-0.2, 0) is 24.4 Å². The predicted octanol–water partition coefficient (Wildman–Crippen LogP) is 7.21. The molecule has 7 heteroatoms. The molecule has 0 atom stereocenters. The lowest BCUT2D eigenvalue weighted by atomic mass is 9.85. The minimum atomic E-state index is -0.872. The van der Waals surface area contributed by atoms with Gasteiger partial charge in [-0.15, -0.1) is 0 Å². The van der Waals surface area contributed by atoms with Gasteiger partial charge in [-0.25, -0.2) is 4.79 Å². The Kier molecular flexibility index (Phi) is 9.31. The Balaban J connectivity index is 1.27. The van der Waals surface area contributed by atoms with Crippen molar-refractivity contribution < 1.29 is 24.1 Å². The van der Waals surface area contributed by atoms with Crippen molar-refractivity contribution in [1.29, 1.82) is 0 Å². The van der Waals surface area contributed by atoms with Gasteiger partial charge >= 0.3 is 6.09 Å². The molecule has 43 heavy (non-hydrogen) atoms. The molecule has 1 aliphatic heterocycles. The summed E-state index contributed by atoms with van der Waals surface area (Å²) in [6.07, 6.45) is 1.19. The van der Waals surface area contributed by atoms with Gasteiger partial charge in [-0.05, 0) is 61.9 Å². The van der Waals surface area contributed by atoms with Crippen LogP contribution in [0.15, 0.2) is 97.1 Å². The van der Waals surface area contributed by atoms with Crippen LogP contribution >= 0.6 is 0 Å². The number of amides is 1. The van der Waals surface area contributed by atoms with Crippen molar-refractivity contribution in [3.63, 3.8) is 0 Å². The normalized spacial score (nSPS) is 14.7. The van der Waals surface area contributed by atoms with E-state index in [4.69, 9.17) is 19.2 Å². The average molecular weight is 581 g/mol. The van der Waals surface area contributed by atoms with Gasteiger partial charge in [0.1, 0.15) is 18.8 Å². The van der Waals surface area contributed by atoms with Crippen molar-refractivity contribution in [3.05, 3.63) is 114 Å². The van der Waals surface area contributed by atoms with E-state index in [2.05, 4.69) is 0 Å². The summed E-state index contributed by atoms with van der Waals surface area (Å²) in [6, 6.07) is 32.0. The maximum atomic E-state index is 12.4. The Labute approximate surface area is 254 Å². The predicted molar refractivity (Wildman–Crippen MR) is 167 cm³/mol. The number of pyridine rings is 1. The zero-order valence-electron chi connectivity index (χ0n) is 25.2. The van der Waals surface area contributed by atoms with Gasteiger partial charge in [0, 0.05) is 31.1 Å². The second kappa shape index (κ2) is 13.3. The van der Waals surface area contributed by atoms with Crippen LogP contribution in [0, 0.1) is 0 Å². The molecular weight excluding hydrogens is 540 g/mol. The summed E-state index contributed by atoms with van der Waals surface area (Å²) in [5, 5.41) is 11.3. The Bertz CT molecular complexity index is 1480. The minimum absolute atomic E-state index is 0.325. The number of carbonyl (C=O) groups is 1. The van der Waals surface area contributed by atoms with Gasteiger partial charge in [0.25, 0.3) is 0 Å². The van der Waals surface area contributed by atoms with Crippen molar-refractivity contribution in [2.45, 2.75) is 64.4 Å². The highest BCUT2D eigenvalue weighted by molar-refractivity contribution is 5.69. The summed E-state index contributed by atoms with van der Waals surface area (Å²) in [7, 11) is 0. The highest BCUT2D eigenvalue weighted by atomic mass is 16.6. The van der Waals surface area contributed by atoms with Crippen molar-refractivity contribution in [2.75, 3.05) is 13.1 Å². The van der Waals surface area contributed by atoms with E-state index in [1.54, 1.807) is 4.90 Å². The van der Waals surface area contributed by atoms with Gasteiger partial charge in [0.2, 0.25) is 11.8 Å². The Hall–Kier alpha value is -4.36. The number of benzene rings is 3. The van der Waals surface area contributed by atoms with Crippen LogP contribution in [0.4, 0.5) is 4.79 Å². The zero-order valence-corrected chi connectivity index (χ0v) is 25.2. The Morgan fingerprint density at radius 1 is 0.791 bits per heavy atom. The topological polar surface area (TPSA) is 81.1 Å². The molecule has 5 rings (SSSR count). The SMILES string of the molecule is CC(C)(C)OC(=O)N1CCC(O)(Cc2ccc(-c3ccc(OCc4ccccc4)nc3OCc3ccccc3)cc2)CC1. The Morgan fingerprint density at radius 3 is 1.95 bits per heavy atom. The molecule has 0 radical (unpaired) electrons. The van der Waals surface area contributed by atoms with Crippen molar-refractivity contribution in [2.24, 2.45) is 0 Å². The maximum Gasteiger partial charge on any atom is 0.410 e. The van der Waals surface area contributed by atoms with Crippen molar-refractivity contribution in [3.8, 4) is 22.9 Å².